The molecule has 0 aliphatic rings. The first-order valence-corrected chi connectivity index (χ1v) is 42.7. The van der Waals surface area contributed by atoms with Gasteiger partial charge >= 0.3 is 0 Å². The standard InChI is InChI=1S/C30H35N2.2C28H31N2.C27H29N2/c1-20-26(17-24(29(2,3)4)18-27(20)30(5,6)7)28-25-12-11-21(23-10-9-14-31-19-23)16-22(25)13-15-32(28)8;1-18-13-24(28(4,5)6)16-26(20(18)3)27-25-11-10-21(22-9-8-12-29-17-22)15-23(25)14-19(2)30(27)7;1-18(2)24-15-26(19(3)4)20(5)27(16-24)28-25-10-9-21(23-8-7-12-29-17-23)14-22(25)11-13-30(28)6;1-18-9-11-23(27(3,4)5)16-25(18)26-24-12-10-20(21-8-7-13-28-17-21)15-22(24)14-19(2)29(26)6/h9-19H,1-8H3;8-17H,1-7H3;7-19H,1-6H3;7-17H,1-6H3/q4*+1/i13D,15D;14D;11D,13D;14D. The van der Waals surface area contributed by atoms with E-state index in [1.807, 2.05) is 110 Å². The van der Waals surface area contributed by atoms with Crippen LogP contribution in [0.3, 0.4) is 0 Å². The summed E-state index contributed by atoms with van der Waals surface area (Å²) < 4.78 is 60.7. The van der Waals surface area contributed by atoms with Crippen molar-refractivity contribution in [3.8, 4) is 89.5 Å². The zero-order valence-electron chi connectivity index (χ0n) is 82.6. The Morgan fingerprint density at radius 1 is 0.314 bits per heavy atom. The highest BCUT2D eigenvalue weighted by Gasteiger charge is 2.31. The molecule has 0 amide bonds. The molecule has 8 aromatic carbocycles. The summed E-state index contributed by atoms with van der Waals surface area (Å²) >= 11 is 0. The minimum atomic E-state index is -0.0128. The molecule has 8 heteroatoms. The van der Waals surface area contributed by atoms with Crippen molar-refractivity contribution in [2.45, 2.75) is 193 Å². The monoisotopic (exact) mass is 1600 g/mol. The molecule has 0 atom stereocenters. The lowest BCUT2D eigenvalue weighted by Crippen LogP contribution is -2.35. The summed E-state index contributed by atoms with van der Waals surface area (Å²) in [6.07, 6.45) is 14.9. The highest BCUT2D eigenvalue weighted by atomic mass is 15.0. The summed E-state index contributed by atoms with van der Waals surface area (Å²) in [5, 5.41) is 7.74. The molecule has 0 fully saturated rings. The van der Waals surface area contributed by atoms with Crippen LogP contribution in [0.4, 0.5) is 0 Å². The van der Waals surface area contributed by atoms with E-state index >= 15 is 0 Å². The van der Waals surface area contributed by atoms with Gasteiger partial charge in [0.1, 0.15) is 30.9 Å². The molecule has 0 N–H and O–H groups in total. The molecule has 8 heterocycles. The molecule has 8 aromatic heterocycles. The molecule has 0 saturated heterocycles. The first kappa shape index (κ1) is 78.8. The van der Waals surface area contributed by atoms with Crippen molar-refractivity contribution in [3.05, 3.63) is 335 Å². The Balaban J connectivity index is 0.000000145. The number of nitrogens with zero attached hydrogens (tertiary/aromatic N) is 8. The maximum absolute atomic E-state index is 8.85. The summed E-state index contributed by atoms with van der Waals surface area (Å²) in [5.74, 6) is 0.818. The Bertz CT molecular complexity index is 6910. The average Bonchev–Trinajstić information content (AvgIpc) is 0.736. The van der Waals surface area contributed by atoms with Crippen LogP contribution in [0.1, 0.15) is 203 Å². The fourth-order valence-corrected chi connectivity index (χ4v) is 16.6. The molecular weight excluding hydrogens is 1470 g/mol. The van der Waals surface area contributed by atoms with Crippen LogP contribution < -0.4 is 18.3 Å². The van der Waals surface area contributed by atoms with Gasteiger partial charge in [0.05, 0.1) is 49.3 Å². The van der Waals surface area contributed by atoms with Crippen LogP contribution >= 0.6 is 0 Å². The second-order valence-electron chi connectivity index (χ2n) is 37.8. The predicted octanol–water partition coefficient (Wildman–Crippen LogP) is 27.2. The van der Waals surface area contributed by atoms with Gasteiger partial charge in [0.2, 0.25) is 22.8 Å². The first-order valence-electron chi connectivity index (χ1n) is 45.7. The third kappa shape index (κ3) is 18.7. The smallest absolute Gasteiger partial charge is 0.220 e. The van der Waals surface area contributed by atoms with Crippen molar-refractivity contribution >= 4 is 43.1 Å². The topological polar surface area (TPSA) is 67.1 Å². The van der Waals surface area contributed by atoms with Crippen molar-refractivity contribution in [3.63, 3.8) is 0 Å². The van der Waals surface area contributed by atoms with E-state index in [-0.39, 0.29) is 46.1 Å². The third-order valence-corrected chi connectivity index (χ3v) is 24.3. The zero-order valence-corrected chi connectivity index (χ0v) is 76.6. The third-order valence-electron chi connectivity index (χ3n) is 24.3. The lowest BCUT2D eigenvalue weighted by atomic mass is 9.76. The van der Waals surface area contributed by atoms with Gasteiger partial charge in [-0.1, -0.05) is 190 Å². The van der Waals surface area contributed by atoms with Gasteiger partial charge < -0.3 is 0 Å². The lowest BCUT2D eigenvalue weighted by molar-refractivity contribution is -0.665. The van der Waals surface area contributed by atoms with Gasteiger partial charge in [-0.05, 0) is 270 Å². The van der Waals surface area contributed by atoms with E-state index in [1.54, 1.807) is 24.8 Å². The van der Waals surface area contributed by atoms with E-state index in [1.165, 1.54) is 83.7 Å². The number of aromatic nitrogens is 8. The summed E-state index contributed by atoms with van der Waals surface area (Å²) in [7, 11) is 7.96. The predicted molar refractivity (Wildman–Crippen MR) is 511 cm³/mol. The van der Waals surface area contributed by atoms with Crippen LogP contribution in [0.25, 0.3) is 133 Å². The SMILES string of the molecule is [2H]c1c(C)[n+](C)c(-c2cc(C(C)(C)C)cc(C)c2C)c2ccc(-c3cccnc3)cc12.[2H]c1c(C)[n+](C)c(-c2cc(C(C)(C)C)ccc2C)c2ccc(-c3cccnc3)cc12.[2H]c1c([2H])[n+](C)c(-c2cc(C(C)(C)C)cc(C(C)(C)C)c2C)c2ccc(-c3cccnc3)cc12.[2H]c1c([2H])[n+](C)c(-c2cc(C(C)C)cc(C(C)C)c2C)c2ccc(-c3cccnc3)cc12. The molecular formula is C113H126N8+4. The highest BCUT2D eigenvalue weighted by molar-refractivity contribution is 6.00. The van der Waals surface area contributed by atoms with Gasteiger partial charge in [-0.3, -0.25) is 19.9 Å². The van der Waals surface area contributed by atoms with Gasteiger partial charge in [0.25, 0.3) is 0 Å². The number of hydrogen-bond acceptors (Lipinski definition) is 4. The molecule has 16 aromatic rings. The Hall–Kier alpha value is -12.0. The molecule has 0 aliphatic heterocycles. The van der Waals surface area contributed by atoms with Crippen molar-refractivity contribution in [1.82, 2.24) is 19.9 Å². The van der Waals surface area contributed by atoms with Crippen molar-refractivity contribution in [2.75, 3.05) is 0 Å². The molecule has 0 unspecified atom stereocenters. The van der Waals surface area contributed by atoms with E-state index in [4.69, 9.17) is 8.22 Å². The molecule has 614 valence electrons. The highest BCUT2D eigenvalue weighted by Crippen LogP contribution is 2.43. The van der Waals surface area contributed by atoms with Gasteiger partial charge in [0, 0.05) is 110 Å². The minimum absolute atomic E-state index is 0.0105. The van der Waals surface area contributed by atoms with E-state index < -0.39 is 0 Å². The molecule has 16 rings (SSSR count). The van der Waals surface area contributed by atoms with Gasteiger partial charge in [0.15, 0.2) is 23.7 Å². The Labute approximate surface area is 730 Å². The number of hydrogen-bond donors (Lipinski definition) is 0. The van der Waals surface area contributed by atoms with Gasteiger partial charge in [-0.2, -0.15) is 9.13 Å². The van der Waals surface area contributed by atoms with Crippen LogP contribution in [0.2, 0.25) is 0 Å². The van der Waals surface area contributed by atoms with Crippen molar-refractivity contribution in [2.24, 2.45) is 28.2 Å². The molecule has 8 nitrogen and oxygen atoms in total. The number of rotatable bonds is 10. The van der Waals surface area contributed by atoms with E-state index in [0.29, 0.717) is 23.9 Å². The van der Waals surface area contributed by atoms with Crippen molar-refractivity contribution in [1.29, 1.82) is 0 Å². The van der Waals surface area contributed by atoms with Crippen LogP contribution in [0, 0.1) is 48.5 Å². The van der Waals surface area contributed by atoms with Crippen LogP contribution in [0.15, 0.2) is 262 Å². The molecule has 0 radical (unpaired) electrons. The zero-order chi connectivity index (χ0) is 92.3. The first-order chi connectivity index (χ1) is 59.8. The van der Waals surface area contributed by atoms with Gasteiger partial charge in [-0.25, -0.2) is 9.13 Å². The number of benzene rings is 8. The minimum Gasteiger partial charge on any atom is -0.264 e. The maximum Gasteiger partial charge on any atom is 0.220 e. The quantitative estimate of drug-likeness (QED) is 0.128. The van der Waals surface area contributed by atoms with Crippen molar-refractivity contribution < 1.29 is 26.5 Å². The summed E-state index contributed by atoms with van der Waals surface area (Å²) in [6.45, 7) is 51.0. The number of pyridine rings is 8. The van der Waals surface area contributed by atoms with Crippen LogP contribution in [-0.4, -0.2) is 19.9 Å². The molecule has 0 spiro atoms. The van der Waals surface area contributed by atoms with Gasteiger partial charge in [-0.15, -0.1) is 0 Å². The number of aryl methyl sites for hydroxylation is 2. The van der Waals surface area contributed by atoms with E-state index in [9.17, 15) is 0 Å². The summed E-state index contributed by atoms with van der Waals surface area (Å²) in [6, 6.07) is 63.6. The van der Waals surface area contributed by atoms with E-state index in [2.05, 4.69) is 316 Å². The van der Waals surface area contributed by atoms with E-state index in [0.717, 1.165) is 122 Å². The molecule has 0 saturated carbocycles. The normalized spacial score (nSPS) is 12.6. The fourth-order valence-electron chi connectivity index (χ4n) is 16.6. The number of fused-ring (bicyclic) bond motifs is 4. The summed E-state index contributed by atoms with van der Waals surface area (Å²) in [4.78, 5) is 17.0. The largest absolute Gasteiger partial charge is 0.264 e. The average molecular weight is 1600 g/mol. The second kappa shape index (κ2) is 35.0. The fraction of sp³-hybridized carbons (Fsp3) is 0.292. The molecule has 0 bridgehead atoms. The Morgan fingerprint density at radius 2 is 0.678 bits per heavy atom. The Kier molecular flexibility index (Phi) is 22.8. The van der Waals surface area contributed by atoms with Crippen LogP contribution in [0.5, 0.6) is 0 Å². The summed E-state index contributed by atoms with van der Waals surface area (Å²) in [5.41, 5.74) is 33.7. The molecule has 0 aliphatic carbocycles. The van der Waals surface area contributed by atoms with Crippen LogP contribution in [-0.2, 0) is 49.9 Å². The Morgan fingerprint density at radius 3 is 1.05 bits per heavy atom. The molecule has 121 heavy (non-hydrogen) atoms. The lowest BCUT2D eigenvalue weighted by Gasteiger charge is -2.28. The maximum atomic E-state index is 8.85. The second-order valence-corrected chi connectivity index (χ2v) is 37.8.